The normalized spacial score (nSPS) is 22.4. The van der Waals surface area contributed by atoms with E-state index in [-0.39, 0.29) is 6.42 Å². The lowest BCUT2D eigenvalue weighted by atomic mass is 9.87. The third-order valence-corrected chi connectivity index (χ3v) is 5.54. The summed E-state index contributed by atoms with van der Waals surface area (Å²) >= 11 is 1.19. The number of fused-ring (bicyclic) bond motifs is 1. The molecule has 3 heterocycles. The van der Waals surface area contributed by atoms with Crippen molar-refractivity contribution in [2.24, 2.45) is 5.73 Å². The molecule has 0 aliphatic heterocycles. The van der Waals surface area contributed by atoms with Crippen LogP contribution >= 0.6 is 11.3 Å². The zero-order chi connectivity index (χ0) is 18.3. The molecule has 1 aliphatic carbocycles. The van der Waals surface area contributed by atoms with E-state index < -0.39 is 23.9 Å². The van der Waals surface area contributed by atoms with Crippen molar-refractivity contribution in [2.45, 2.75) is 37.3 Å². The number of nitrogens with zero attached hydrogens (tertiary/aromatic N) is 3. The van der Waals surface area contributed by atoms with Crippen LogP contribution in [-0.4, -0.2) is 38.5 Å². The Bertz CT molecular complexity index is 953. The van der Waals surface area contributed by atoms with Gasteiger partial charge in [-0.3, -0.25) is 4.79 Å². The Morgan fingerprint density at radius 1 is 1.46 bits per heavy atom. The number of halogens is 2. The zero-order valence-electron chi connectivity index (χ0n) is 13.7. The van der Waals surface area contributed by atoms with Gasteiger partial charge in [-0.15, -0.1) is 11.3 Å². The quantitative estimate of drug-likeness (QED) is 0.735. The van der Waals surface area contributed by atoms with Gasteiger partial charge in [0.1, 0.15) is 6.04 Å². The average molecular weight is 377 g/mol. The summed E-state index contributed by atoms with van der Waals surface area (Å²) in [5.41, 5.74) is 7.99. The van der Waals surface area contributed by atoms with Gasteiger partial charge in [0.15, 0.2) is 5.65 Å². The fraction of sp³-hybridized carbons (Fsp3) is 0.353. The van der Waals surface area contributed by atoms with E-state index in [1.54, 1.807) is 34.4 Å². The minimum atomic E-state index is -2.99. The van der Waals surface area contributed by atoms with E-state index in [9.17, 15) is 13.6 Å². The Morgan fingerprint density at radius 2 is 2.31 bits per heavy atom. The van der Waals surface area contributed by atoms with Crippen LogP contribution in [0.25, 0.3) is 16.9 Å². The Labute approximate surface area is 152 Å². The Kier molecular flexibility index (Phi) is 4.20. The van der Waals surface area contributed by atoms with Crippen LogP contribution in [0.2, 0.25) is 0 Å². The average Bonchev–Trinajstić information content (AvgIpc) is 3.24. The highest BCUT2D eigenvalue weighted by atomic mass is 32.1. The zero-order valence-corrected chi connectivity index (χ0v) is 14.5. The highest BCUT2D eigenvalue weighted by molar-refractivity contribution is 7.12. The molecule has 136 valence electrons. The third kappa shape index (κ3) is 2.97. The summed E-state index contributed by atoms with van der Waals surface area (Å²) in [6, 6.07) is 3.18. The lowest BCUT2D eigenvalue weighted by Gasteiger charge is -2.36. The lowest BCUT2D eigenvalue weighted by molar-refractivity contribution is -0.0674. The van der Waals surface area contributed by atoms with Crippen LogP contribution in [0.15, 0.2) is 36.0 Å². The van der Waals surface area contributed by atoms with E-state index in [1.807, 2.05) is 6.07 Å². The van der Waals surface area contributed by atoms with Gasteiger partial charge in [-0.1, -0.05) is 0 Å². The minimum Gasteiger partial charge on any atom is -0.341 e. The largest absolute Gasteiger partial charge is 0.341 e. The molecule has 4 rings (SSSR count). The van der Waals surface area contributed by atoms with Gasteiger partial charge in [-0.25, -0.2) is 18.3 Å². The van der Waals surface area contributed by atoms with Gasteiger partial charge in [0.25, 0.3) is 11.8 Å². The highest BCUT2D eigenvalue weighted by Gasteiger charge is 2.46. The first-order valence-corrected chi connectivity index (χ1v) is 9.15. The molecule has 0 radical (unpaired) electrons. The van der Waals surface area contributed by atoms with Crippen LogP contribution in [0.5, 0.6) is 0 Å². The first kappa shape index (κ1) is 17.0. The molecule has 26 heavy (non-hydrogen) atoms. The molecule has 0 saturated heterocycles. The Balaban J connectivity index is 1.57. The number of thiophene rings is 1. The van der Waals surface area contributed by atoms with Crippen LogP contribution in [0, 0.1) is 0 Å². The molecular formula is C17H17F2N5OS. The second kappa shape index (κ2) is 6.40. The second-order valence-corrected chi connectivity index (χ2v) is 7.32. The summed E-state index contributed by atoms with van der Waals surface area (Å²) in [4.78, 5) is 17.1. The summed E-state index contributed by atoms with van der Waals surface area (Å²) in [5.74, 6) is -3.52. The maximum Gasteiger partial charge on any atom is 0.269 e. The van der Waals surface area contributed by atoms with Crippen molar-refractivity contribution in [1.82, 2.24) is 19.9 Å². The number of imidazole rings is 1. The number of rotatable bonds is 3. The van der Waals surface area contributed by atoms with Gasteiger partial charge in [-0.05, 0) is 31.0 Å². The molecule has 6 nitrogen and oxygen atoms in total. The fourth-order valence-corrected chi connectivity index (χ4v) is 4.05. The number of nitrogens with two attached hydrogens (primary N) is 1. The molecule has 3 N–H and O–H groups in total. The van der Waals surface area contributed by atoms with Crippen LogP contribution < -0.4 is 11.1 Å². The number of carbonyl (C=O) groups excluding carboxylic acids is 1. The second-order valence-electron chi connectivity index (χ2n) is 6.40. The molecule has 1 fully saturated rings. The molecule has 9 heteroatoms. The molecular weight excluding hydrogens is 360 g/mol. The van der Waals surface area contributed by atoms with E-state index in [0.29, 0.717) is 23.4 Å². The molecule has 1 amide bonds. The van der Waals surface area contributed by atoms with E-state index in [0.717, 1.165) is 11.3 Å². The fourth-order valence-electron chi connectivity index (χ4n) is 3.25. The molecule has 0 spiro atoms. The molecule has 3 aromatic heterocycles. The molecule has 2 unspecified atom stereocenters. The minimum absolute atomic E-state index is 0.255. The first-order chi connectivity index (χ1) is 12.5. The van der Waals surface area contributed by atoms with Crippen LogP contribution in [0.1, 0.15) is 28.9 Å². The van der Waals surface area contributed by atoms with E-state index >= 15 is 0 Å². The number of nitrogens with one attached hydrogen (secondary N) is 1. The number of amides is 1. The first-order valence-electron chi connectivity index (χ1n) is 8.27. The Morgan fingerprint density at radius 3 is 3.12 bits per heavy atom. The molecule has 3 aromatic rings. The van der Waals surface area contributed by atoms with Crippen molar-refractivity contribution in [3.05, 3.63) is 40.8 Å². The smallest absolute Gasteiger partial charge is 0.269 e. The van der Waals surface area contributed by atoms with Crippen molar-refractivity contribution >= 4 is 22.9 Å². The number of carbonyl (C=O) groups is 1. The third-order valence-electron chi connectivity index (χ3n) is 4.61. The molecule has 1 saturated carbocycles. The SMILES string of the molecule is NC1CCCC(F)(F)C1NC(=O)c1cc(-c2cnc3cccnn23)cs1. The predicted molar refractivity (Wildman–Crippen MR) is 94.3 cm³/mol. The molecule has 2 atom stereocenters. The van der Waals surface area contributed by atoms with Crippen LogP contribution in [-0.2, 0) is 0 Å². The summed E-state index contributed by atoms with van der Waals surface area (Å²) in [6.07, 6.45) is 3.89. The van der Waals surface area contributed by atoms with E-state index in [1.165, 1.54) is 11.3 Å². The van der Waals surface area contributed by atoms with Gasteiger partial charge in [0.2, 0.25) is 0 Å². The standard InChI is InChI=1S/C17H17F2N5OS/c18-17(19)5-1-3-11(20)15(17)23-16(25)13-7-10(9-26-13)12-8-21-14-4-2-6-22-24(12)14/h2,4,6-9,11,15H,1,3,5,20H2,(H,23,25). The highest BCUT2D eigenvalue weighted by Crippen LogP contribution is 2.33. The van der Waals surface area contributed by atoms with Crippen molar-refractivity contribution in [2.75, 3.05) is 0 Å². The van der Waals surface area contributed by atoms with Crippen molar-refractivity contribution in [3.8, 4) is 11.3 Å². The number of aromatic nitrogens is 3. The molecule has 1 aliphatic rings. The van der Waals surface area contributed by atoms with Gasteiger partial charge in [0.05, 0.1) is 16.8 Å². The number of hydrogen-bond donors (Lipinski definition) is 2. The maximum absolute atomic E-state index is 14.1. The summed E-state index contributed by atoms with van der Waals surface area (Å²) in [6.45, 7) is 0. The van der Waals surface area contributed by atoms with Crippen molar-refractivity contribution in [1.29, 1.82) is 0 Å². The van der Waals surface area contributed by atoms with Gasteiger partial charge in [-0.2, -0.15) is 5.10 Å². The van der Waals surface area contributed by atoms with Gasteiger partial charge < -0.3 is 11.1 Å². The monoisotopic (exact) mass is 377 g/mol. The van der Waals surface area contributed by atoms with Gasteiger partial charge in [0, 0.05) is 29.6 Å². The summed E-state index contributed by atoms with van der Waals surface area (Å²) in [5, 5.41) is 8.45. The van der Waals surface area contributed by atoms with E-state index in [4.69, 9.17) is 5.73 Å². The Hall–Kier alpha value is -2.39. The molecule has 0 bridgehead atoms. The van der Waals surface area contributed by atoms with Crippen molar-refractivity contribution in [3.63, 3.8) is 0 Å². The summed E-state index contributed by atoms with van der Waals surface area (Å²) in [7, 11) is 0. The van der Waals surface area contributed by atoms with Crippen LogP contribution in [0.3, 0.4) is 0 Å². The van der Waals surface area contributed by atoms with Gasteiger partial charge >= 0.3 is 0 Å². The topological polar surface area (TPSA) is 85.3 Å². The number of hydrogen-bond acceptors (Lipinski definition) is 5. The lowest BCUT2D eigenvalue weighted by Crippen LogP contribution is -2.59. The summed E-state index contributed by atoms with van der Waals surface area (Å²) < 4.78 is 29.8. The van der Waals surface area contributed by atoms with E-state index in [2.05, 4.69) is 15.4 Å². The van der Waals surface area contributed by atoms with Crippen molar-refractivity contribution < 1.29 is 13.6 Å². The number of alkyl halides is 2. The van der Waals surface area contributed by atoms with Crippen LogP contribution in [0.4, 0.5) is 8.78 Å². The molecule has 0 aromatic carbocycles. The maximum atomic E-state index is 14.1. The predicted octanol–water partition coefficient (Wildman–Crippen LogP) is 2.70.